The zero-order valence-corrected chi connectivity index (χ0v) is 12.4. The third-order valence-corrected chi connectivity index (χ3v) is 4.26. The number of carbonyl (C=O) groups excluding carboxylic acids is 1. The summed E-state index contributed by atoms with van der Waals surface area (Å²) in [6.45, 7) is 1.92. The molecule has 1 aliphatic heterocycles. The van der Waals surface area contributed by atoms with Crippen molar-refractivity contribution in [2.45, 2.75) is 25.1 Å². The Balaban J connectivity index is 1.58. The van der Waals surface area contributed by atoms with E-state index in [2.05, 4.69) is 10.1 Å². The number of para-hydroxylation sites is 1. The minimum absolute atomic E-state index is 0.108. The second kappa shape index (κ2) is 6.39. The molecule has 2 aliphatic rings. The van der Waals surface area contributed by atoms with Gasteiger partial charge >= 0.3 is 6.36 Å². The molecule has 0 spiro atoms. The molecule has 0 unspecified atom stereocenters. The number of ether oxygens (including phenoxy) is 2. The van der Waals surface area contributed by atoms with Gasteiger partial charge in [-0.3, -0.25) is 4.79 Å². The zero-order chi connectivity index (χ0) is 16.4. The van der Waals surface area contributed by atoms with Crippen molar-refractivity contribution in [3.8, 4) is 5.75 Å². The summed E-state index contributed by atoms with van der Waals surface area (Å²) in [7, 11) is 0. The van der Waals surface area contributed by atoms with Crippen LogP contribution < -0.4 is 10.1 Å². The molecule has 2 fully saturated rings. The van der Waals surface area contributed by atoms with E-state index in [1.807, 2.05) is 0 Å². The highest BCUT2D eigenvalue weighted by Crippen LogP contribution is 2.51. The van der Waals surface area contributed by atoms with Crippen molar-refractivity contribution in [2.24, 2.45) is 11.8 Å². The van der Waals surface area contributed by atoms with Gasteiger partial charge in [-0.15, -0.1) is 13.2 Å². The topological polar surface area (TPSA) is 47.6 Å². The van der Waals surface area contributed by atoms with E-state index in [0.29, 0.717) is 31.1 Å². The molecule has 1 N–H and O–H groups in total. The summed E-state index contributed by atoms with van der Waals surface area (Å²) in [5, 5.41) is 2.87. The smallest absolute Gasteiger partial charge is 0.405 e. The second-order valence-corrected chi connectivity index (χ2v) is 6.01. The van der Waals surface area contributed by atoms with Gasteiger partial charge in [0.25, 0.3) is 0 Å². The third-order valence-electron chi connectivity index (χ3n) is 4.26. The monoisotopic (exact) mass is 329 g/mol. The first kappa shape index (κ1) is 16.1. The lowest BCUT2D eigenvalue weighted by Gasteiger charge is -2.13. The summed E-state index contributed by atoms with van der Waals surface area (Å²) in [4.78, 5) is 12.1. The number of hydrogen-bond acceptors (Lipinski definition) is 3. The van der Waals surface area contributed by atoms with Crippen molar-refractivity contribution in [3.05, 3.63) is 29.8 Å². The molecule has 0 radical (unpaired) electrons. The van der Waals surface area contributed by atoms with Gasteiger partial charge in [0.1, 0.15) is 5.75 Å². The predicted octanol–water partition coefficient (Wildman–Crippen LogP) is 2.84. The second-order valence-electron chi connectivity index (χ2n) is 6.01. The fourth-order valence-corrected chi connectivity index (χ4v) is 2.95. The van der Waals surface area contributed by atoms with Crippen LogP contribution >= 0.6 is 0 Å². The van der Waals surface area contributed by atoms with Crippen LogP contribution in [0.15, 0.2) is 24.3 Å². The number of nitrogens with one attached hydrogen (secondary N) is 1. The molecule has 4 nitrogen and oxygen atoms in total. The van der Waals surface area contributed by atoms with Crippen LogP contribution in [0.4, 0.5) is 13.2 Å². The molecule has 1 aromatic carbocycles. The highest BCUT2D eigenvalue weighted by atomic mass is 19.4. The van der Waals surface area contributed by atoms with E-state index in [4.69, 9.17) is 4.74 Å². The summed E-state index contributed by atoms with van der Waals surface area (Å²) < 4.78 is 46.6. The van der Waals surface area contributed by atoms with Crippen molar-refractivity contribution >= 4 is 5.91 Å². The number of halogens is 3. The molecule has 7 heteroatoms. The van der Waals surface area contributed by atoms with Crippen LogP contribution in [0.3, 0.4) is 0 Å². The molecule has 126 valence electrons. The van der Waals surface area contributed by atoms with E-state index < -0.39 is 6.36 Å². The van der Waals surface area contributed by atoms with Gasteiger partial charge in [-0.2, -0.15) is 0 Å². The fraction of sp³-hybridized carbons (Fsp3) is 0.562. The first-order valence-corrected chi connectivity index (χ1v) is 7.64. The molecule has 1 saturated heterocycles. The van der Waals surface area contributed by atoms with E-state index in [9.17, 15) is 18.0 Å². The highest BCUT2D eigenvalue weighted by Gasteiger charge is 2.46. The molecule has 1 aliphatic carbocycles. The van der Waals surface area contributed by atoms with Crippen molar-refractivity contribution in [1.29, 1.82) is 0 Å². The Morgan fingerprint density at radius 1 is 1.35 bits per heavy atom. The van der Waals surface area contributed by atoms with E-state index in [1.54, 1.807) is 12.1 Å². The van der Waals surface area contributed by atoms with Crippen molar-refractivity contribution in [3.63, 3.8) is 0 Å². The van der Waals surface area contributed by atoms with Crippen molar-refractivity contribution in [1.82, 2.24) is 5.32 Å². The van der Waals surface area contributed by atoms with Crippen LogP contribution in [-0.4, -0.2) is 32.0 Å². The quantitative estimate of drug-likeness (QED) is 0.904. The Morgan fingerprint density at radius 2 is 2.13 bits per heavy atom. The Bertz CT molecular complexity index is 570. The fourth-order valence-electron chi connectivity index (χ4n) is 2.95. The Kier molecular flexibility index (Phi) is 4.48. The largest absolute Gasteiger partial charge is 0.573 e. The summed E-state index contributed by atoms with van der Waals surface area (Å²) in [5.41, 5.74) is 0.439. The predicted molar refractivity (Wildman–Crippen MR) is 75.9 cm³/mol. The number of rotatable bonds is 5. The lowest BCUT2D eigenvalue weighted by atomic mass is 10.1. The molecule has 1 amide bonds. The maximum absolute atomic E-state index is 12.4. The Labute approximate surface area is 132 Å². The summed E-state index contributed by atoms with van der Waals surface area (Å²) >= 11 is 0. The van der Waals surface area contributed by atoms with Crippen LogP contribution in [0, 0.1) is 11.8 Å². The van der Waals surface area contributed by atoms with E-state index in [0.717, 1.165) is 13.0 Å². The summed E-state index contributed by atoms with van der Waals surface area (Å²) in [6, 6.07) is 6.01. The van der Waals surface area contributed by atoms with E-state index in [1.165, 1.54) is 12.1 Å². The van der Waals surface area contributed by atoms with E-state index >= 15 is 0 Å². The number of hydrogen-bond donors (Lipinski definition) is 1. The van der Waals surface area contributed by atoms with Gasteiger partial charge in [0, 0.05) is 25.0 Å². The average Bonchev–Trinajstić information content (AvgIpc) is 3.10. The van der Waals surface area contributed by atoms with Crippen LogP contribution in [-0.2, 0) is 9.53 Å². The molecule has 3 atom stereocenters. The lowest BCUT2D eigenvalue weighted by Crippen LogP contribution is -2.31. The molecular weight excluding hydrogens is 311 g/mol. The molecule has 0 bridgehead atoms. The molecule has 1 aromatic rings. The highest BCUT2D eigenvalue weighted by molar-refractivity contribution is 5.83. The molecule has 0 aromatic heterocycles. The van der Waals surface area contributed by atoms with Gasteiger partial charge in [-0.05, 0) is 30.4 Å². The minimum Gasteiger partial charge on any atom is -0.405 e. The molecule has 23 heavy (non-hydrogen) atoms. The normalized spacial score (nSPS) is 26.8. The van der Waals surface area contributed by atoms with Crippen LogP contribution in [0.1, 0.15) is 24.3 Å². The maximum atomic E-state index is 12.4. The van der Waals surface area contributed by atoms with Crippen molar-refractivity contribution in [2.75, 3.05) is 19.8 Å². The molecule has 1 heterocycles. The van der Waals surface area contributed by atoms with Gasteiger partial charge < -0.3 is 14.8 Å². The van der Waals surface area contributed by atoms with Crippen molar-refractivity contribution < 1.29 is 27.4 Å². The molecule has 1 saturated carbocycles. The average molecular weight is 329 g/mol. The standard InChI is InChI=1S/C16H18F3NO3/c17-16(18,19)23-14-4-2-1-3-11(14)12-7-13(12)15(21)20-8-10-5-6-22-9-10/h1-4,10,12-13H,5-9H2,(H,20,21)/t10-,12+,13-/m0/s1. The zero-order valence-electron chi connectivity index (χ0n) is 12.4. The maximum Gasteiger partial charge on any atom is 0.573 e. The third kappa shape index (κ3) is 4.16. The molecule has 3 rings (SSSR count). The SMILES string of the molecule is O=C(NC[C@@H]1CCOC1)[C@H]1C[C@@H]1c1ccccc1OC(F)(F)F. The number of amides is 1. The summed E-state index contributed by atoms with van der Waals surface area (Å²) in [6.07, 6.45) is -3.26. The number of benzene rings is 1. The van der Waals surface area contributed by atoms with Gasteiger partial charge in [0.15, 0.2) is 0 Å². The summed E-state index contributed by atoms with van der Waals surface area (Å²) in [5.74, 6) is -0.492. The van der Waals surface area contributed by atoms with Gasteiger partial charge in [-0.1, -0.05) is 18.2 Å². The Hall–Kier alpha value is -1.76. The first-order valence-electron chi connectivity index (χ1n) is 7.64. The van der Waals surface area contributed by atoms with Gasteiger partial charge in [-0.25, -0.2) is 0 Å². The lowest BCUT2D eigenvalue weighted by molar-refractivity contribution is -0.274. The number of carbonyl (C=O) groups is 1. The molecular formula is C16H18F3NO3. The van der Waals surface area contributed by atoms with Gasteiger partial charge in [0.05, 0.1) is 6.61 Å². The first-order chi connectivity index (χ1) is 10.9. The Morgan fingerprint density at radius 3 is 2.83 bits per heavy atom. The minimum atomic E-state index is -4.73. The van der Waals surface area contributed by atoms with Crippen LogP contribution in [0.2, 0.25) is 0 Å². The van der Waals surface area contributed by atoms with Crippen LogP contribution in [0.5, 0.6) is 5.75 Å². The van der Waals surface area contributed by atoms with Crippen LogP contribution in [0.25, 0.3) is 0 Å². The number of alkyl halides is 3. The van der Waals surface area contributed by atoms with Gasteiger partial charge in [0.2, 0.25) is 5.91 Å². The van der Waals surface area contributed by atoms with E-state index in [-0.39, 0.29) is 23.5 Å².